The van der Waals surface area contributed by atoms with Crippen LogP contribution in [0.1, 0.15) is 335 Å². The number of hydrogen-bond donors (Lipinski definition) is 0. The first-order chi connectivity index (χ1) is 39.5. The Labute approximate surface area is 496 Å². The molecule has 80 heavy (non-hydrogen) atoms. The van der Waals surface area contributed by atoms with Crippen LogP contribution in [0.15, 0.2) is 97.2 Å². The molecule has 0 rings (SSSR count). The van der Waals surface area contributed by atoms with E-state index in [9.17, 15) is 14.4 Å². The van der Waals surface area contributed by atoms with Gasteiger partial charge in [-0.05, 0) is 96.3 Å². The molecule has 0 saturated carbocycles. The number of unbranched alkanes of at least 4 members (excludes halogenated alkanes) is 35. The van der Waals surface area contributed by atoms with Gasteiger partial charge in [-0.3, -0.25) is 14.4 Å². The molecule has 0 spiro atoms. The third-order valence-electron chi connectivity index (χ3n) is 14.8. The van der Waals surface area contributed by atoms with E-state index in [1.54, 1.807) is 0 Å². The zero-order valence-electron chi connectivity index (χ0n) is 52.8. The van der Waals surface area contributed by atoms with E-state index in [1.807, 2.05) is 0 Å². The Hall–Kier alpha value is -3.67. The van der Waals surface area contributed by atoms with E-state index in [0.29, 0.717) is 19.3 Å². The van der Waals surface area contributed by atoms with Crippen LogP contribution in [0, 0.1) is 0 Å². The van der Waals surface area contributed by atoms with Crippen molar-refractivity contribution in [2.75, 3.05) is 13.2 Å². The summed E-state index contributed by atoms with van der Waals surface area (Å²) >= 11 is 0. The van der Waals surface area contributed by atoms with Gasteiger partial charge >= 0.3 is 17.9 Å². The van der Waals surface area contributed by atoms with Crippen molar-refractivity contribution < 1.29 is 28.6 Å². The largest absolute Gasteiger partial charge is 0.462 e. The number of esters is 3. The average molecular weight is 1110 g/mol. The summed E-state index contributed by atoms with van der Waals surface area (Å²) in [6.45, 7) is 6.45. The smallest absolute Gasteiger partial charge is 0.306 e. The van der Waals surface area contributed by atoms with Gasteiger partial charge in [-0.2, -0.15) is 0 Å². The molecule has 6 nitrogen and oxygen atoms in total. The minimum Gasteiger partial charge on any atom is -0.462 e. The molecule has 1 atom stereocenters. The Morgan fingerprint density at radius 1 is 0.263 bits per heavy atom. The average Bonchev–Trinajstić information content (AvgIpc) is 3.46. The van der Waals surface area contributed by atoms with Crippen molar-refractivity contribution in [1.82, 2.24) is 0 Å². The number of allylic oxidation sites excluding steroid dienone is 16. The SMILES string of the molecule is CC/C=C\C/C=C\C/C=C\C/C=C\C/C=C\C/C=C\CCCCC(=O)OC(COC(=O)CCCCCCC/C=C\C/C=C\CCC)COC(=O)CCCCCCCCCCCCCCCCCCCCCCCCCCCCCC. The fourth-order valence-corrected chi connectivity index (χ4v) is 9.72. The third kappa shape index (κ3) is 65.1. The fourth-order valence-electron chi connectivity index (χ4n) is 9.72. The minimum absolute atomic E-state index is 0.0978. The molecule has 460 valence electrons. The van der Waals surface area contributed by atoms with Crippen LogP contribution < -0.4 is 0 Å². The van der Waals surface area contributed by atoms with Gasteiger partial charge in [-0.25, -0.2) is 0 Å². The third-order valence-corrected chi connectivity index (χ3v) is 14.8. The second-order valence-corrected chi connectivity index (χ2v) is 22.7. The second-order valence-electron chi connectivity index (χ2n) is 22.7. The molecule has 0 aliphatic carbocycles. The number of rotatable bonds is 62. The molecule has 1 unspecified atom stereocenters. The number of ether oxygens (including phenoxy) is 3. The van der Waals surface area contributed by atoms with Gasteiger partial charge in [0, 0.05) is 19.3 Å². The maximum absolute atomic E-state index is 12.9. The van der Waals surface area contributed by atoms with Crippen LogP contribution in [0.4, 0.5) is 0 Å². The normalized spacial score (nSPS) is 12.7. The Morgan fingerprint density at radius 3 is 0.838 bits per heavy atom. The van der Waals surface area contributed by atoms with Crippen LogP contribution in [0.2, 0.25) is 0 Å². The zero-order chi connectivity index (χ0) is 57.8. The van der Waals surface area contributed by atoms with Crippen molar-refractivity contribution in [1.29, 1.82) is 0 Å². The molecule has 0 radical (unpaired) electrons. The van der Waals surface area contributed by atoms with Gasteiger partial charge in [0.2, 0.25) is 0 Å². The summed E-state index contributed by atoms with van der Waals surface area (Å²) in [5, 5.41) is 0. The highest BCUT2D eigenvalue weighted by Crippen LogP contribution is 2.18. The lowest BCUT2D eigenvalue weighted by Gasteiger charge is -2.18. The fraction of sp³-hybridized carbons (Fsp3) is 0.743. The molecule has 0 aromatic heterocycles. The molecule has 0 aromatic carbocycles. The summed E-state index contributed by atoms with van der Waals surface area (Å²) in [7, 11) is 0. The van der Waals surface area contributed by atoms with E-state index < -0.39 is 6.10 Å². The van der Waals surface area contributed by atoms with Crippen LogP contribution in [0.5, 0.6) is 0 Å². The predicted octanol–water partition coefficient (Wildman–Crippen LogP) is 23.6. The Kier molecular flexibility index (Phi) is 64.7. The lowest BCUT2D eigenvalue weighted by Crippen LogP contribution is -2.30. The standard InChI is InChI=1S/C74H128O6/c1-4-7-10-13-16-19-22-25-27-29-31-33-34-35-36-37-38-39-41-42-44-46-49-52-55-58-61-64-67-73(76)79-70-71(69-78-72(75)66-63-60-57-54-51-48-24-21-18-15-12-9-6-3)80-74(77)68-65-62-59-56-53-50-47-45-43-40-32-30-28-26-23-20-17-14-11-8-5-2/h8,11-12,15,17,20-21,24,26,28,32,40,45,47,53,56,71H,4-7,9-10,13-14,16,18-19,22-23,25,27,29-31,33-39,41-44,46,48-52,54-55,57-70H2,1-3H3/b11-8-,15-12-,20-17-,24-21-,28-26-,40-32-,47-45-,56-53-. The van der Waals surface area contributed by atoms with Crippen LogP contribution in [0.3, 0.4) is 0 Å². The van der Waals surface area contributed by atoms with E-state index in [2.05, 4.69) is 118 Å². The van der Waals surface area contributed by atoms with E-state index in [0.717, 1.165) is 122 Å². The highest BCUT2D eigenvalue weighted by molar-refractivity contribution is 5.71. The topological polar surface area (TPSA) is 78.9 Å². The lowest BCUT2D eigenvalue weighted by molar-refractivity contribution is -0.167. The summed E-state index contributed by atoms with van der Waals surface area (Å²) in [6.07, 6.45) is 91.6. The van der Waals surface area contributed by atoms with Gasteiger partial charge in [0.15, 0.2) is 6.10 Å². The van der Waals surface area contributed by atoms with E-state index in [1.165, 1.54) is 167 Å². The van der Waals surface area contributed by atoms with Crippen molar-refractivity contribution in [2.24, 2.45) is 0 Å². The first-order valence-electron chi connectivity index (χ1n) is 34.2. The molecule has 0 N–H and O–H groups in total. The molecule has 6 heteroatoms. The molecule has 0 fully saturated rings. The summed E-state index contributed by atoms with van der Waals surface area (Å²) in [6, 6.07) is 0. The van der Waals surface area contributed by atoms with Crippen molar-refractivity contribution in [3.8, 4) is 0 Å². The molecule has 0 amide bonds. The zero-order valence-corrected chi connectivity index (χ0v) is 52.8. The Morgan fingerprint density at radius 2 is 0.512 bits per heavy atom. The molecular formula is C74H128O6. The molecular weight excluding hydrogens is 985 g/mol. The van der Waals surface area contributed by atoms with Gasteiger partial charge in [0.05, 0.1) is 0 Å². The minimum atomic E-state index is -0.808. The van der Waals surface area contributed by atoms with Crippen molar-refractivity contribution in [2.45, 2.75) is 341 Å². The number of carbonyl (C=O) groups is 3. The van der Waals surface area contributed by atoms with Crippen LogP contribution in [0.25, 0.3) is 0 Å². The van der Waals surface area contributed by atoms with Crippen molar-refractivity contribution >= 4 is 17.9 Å². The molecule has 0 aliphatic heterocycles. The van der Waals surface area contributed by atoms with Crippen LogP contribution in [-0.2, 0) is 28.6 Å². The van der Waals surface area contributed by atoms with Crippen molar-refractivity contribution in [3.05, 3.63) is 97.2 Å². The van der Waals surface area contributed by atoms with E-state index >= 15 is 0 Å². The van der Waals surface area contributed by atoms with Crippen LogP contribution >= 0.6 is 0 Å². The highest BCUT2D eigenvalue weighted by atomic mass is 16.6. The van der Waals surface area contributed by atoms with E-state index in [4.69, 9.17) is 14.2 Å². The summed E-state index contributed by atoms with van der Waals surface area (Å²) < 4.78 is 16.9. The van der Waals surface area contributed by atoms with Crippen molar-refractivity contribution in [3.63, 3.8) is 0 Å². The Bertz CT molecular complexity index is 1560. The van der Waals surface area contributed by atoms with Gasteiger partial charge in [-0.15, -0.1) is 0 Å². The van der Waals surface area contributed by atoms with Gasteiger partial charge in [0.1, 0.15) is 13.2 Å². The summed E-state index contributed by atoms with van der Waals surface area (Å²) in [4.78, 5) is 38.3. The molecule has 0 bridgehead atoms. The van der Waals surface area contributed by atoms with E-state index in [-0.39, 0.29) is 37.5 Å². The van der Waals surface area contributed by atoms with Gasteiger partial charge in [0.25, 0.3) is 0 Å². The first-order valence-corrected chi connectivity index (χ1v) is 34.2. The number of hydrogen-bond acceptors (Lipinski definition) is 6. The lowest BCUT2D eigenvalue weighted by atomic mass is 10.0. The molecule has 0 saturated heterocycles. The second kappa shape index (κ2) is 67.8. The van der Waals surface area contributed by atoms with Crippen LogP contribution in [-0.4, -0.2) is 37.2 Å². The summed E-state index contributed by atoms with van der Waals surface area (Å²) in [5.41, 5.74) is 0. The highest BCUT2D eigenvalue weighted by Gasteiger charge is 2.19. The Balaban J connectivity index is 4.30. The first kappa shape index (κ1) is 76.3. The number of carbonyl (C=O) groups excluding carboxylic acids is 3. The molecule has 0 aliphatic rings. The van der Waals surface area contributed by atoms with Gasteiger partial charge < -0.3 is 14.2 Å². The maximum Gasteiger partial charge on any atom is 0.306 e. The molecule has 0 heterocycles. The molecule has 0 aromatic rings. The predicted molar refractivity (Wildman–Crippen MR) is 348 cm³/mol. The monoisotopic (exact) mass is 1110 g/mol. The quantitative estimate of drug-likeness (QED) is 0.0261. The van der Waals surface area contributed by atoms with Gasteiger partial charge in [-0.1, -0.05) is 317 Å². The summed E-state index contributed by atoms with van der Waals surface area (Å²) in [5.74, 6) is -0.944. The maximum atomic E-state index is 12.9.